The van der Waals surface area contributed by atoms with Gasteiger partial charge in [0.15, 0.2) is 5.78 Å². The minimum absolute atomic E-state index is 0.0448. The van der Waals surface area contributed by atoms with E-state index in [1.54, 1.807) is 12.2 Å². The third-order valence-electron chi connectivity index (χ3n) is 2.17. The zero-order chi connectivity index (χ0) is 11.8. The van der Waals surface area contributed by atoms with Gasteiger partial charge in [0.25, 0.3) is 0 Å². The summed E-state index contributed by atoms with van der Waals surface area (Å²) in [6, 6.07) is 7.75. The molecule has 0 unspecified atom stereocenters. The molecule has 0 saturated heterocycles. The lowest BCUT2D eigenvalue weighted by Gasteiger charge is -2.08. The van der Waals surface area contributed by atoms with Crippen LogP contribution in [-0.2, 0) is 4.79 Å². The molecule has 86 valence electrons. The molecule has 0 bridgehead atoms. The monoisotopic (exact) mass is 218 g/mol. The number of hydrogen-bond donors (Lipinski definition) is 0. The number of rotatable bonds is 6. The summed E-state index contributed by atoms with van der Waals surface area (Å²) in [5.41, 5.74) is 0.953. The number of carbonyl (C=O) groups excluding carboxylic acids is 1. The first-order valence-electron chi connectivity index (χ1n) is 5.64. The van der Waals surface area contributed by atoms with Crippen molar-refractivity contribution in [2.24, 2.45) is 0 Å². The van der Waals surface area contributed by atoms with Crippen molar-refractivity contribution < 1.29 is 9.53 Å². The summed E-state index contributed by atoms with van der Waals surface area (Å²) in [5.74, 6) is 0.886. The molecule has 1 aromatic carbocycles. The van der Waals surface area contributed by atoms with Crippen molar-refractivity contribution in [3.8, 4) is 5.75 Å². The normalized spacial score (nSPS) is 10.6. The molecule has 0 aliphatic rings. The lowest BCUT2D eigenvalue weighted by Crippen LogP contribution is -1.97. The number of ketones is 1. The van der Waals surface area contributed by atoms with Gasteiger partial charge in [-0.1, -0.05) is 31.5 Å². The first-order valence-corrected chi connectivity index (χ1v) is 5.64. The van der Waals surface area contributed by atoms with E-state index in [2.05, 4.69) is 6.92 Å². The third-order valence-corrected chi connectivity index (χ3v) is 2.17. The summed E-state index contributed by atoms with van der Waals surface area (Å²) < 4.78 is 5.65. The first kappa shape index (κ1) is 12.5. The Morgan fingerprint density at radius 1 is 1.38 bits per heavy atom. The summed E-state index contributed by atoms with van der Waals surface area (Å²) >= 11 is 0. The Balaban J connectivity index is 2.71. The summed E-state index contributed by atoms with van der Waals surface area (Å²) in [6.45, 7) is 4.39. The van der Waals surface area contributed by atoms with Crippen molar-refractivity contribution in [2.45, 2.75) is 26.7 Å². The van der Waals surface area contributed by atoms with Gasteiger partial charge in [0.1, 0.15) is 5.75 Å². The van der Waals surface area contributed by atoms with Crippen LogP contribution in [0.4, 0.5) is 0 Å². The predicted molar refractivity (Wildman–Crippen MR) is 66.6 cm³/mol. The highest BCUT2D eigenvalue weighted by atomic mass is 16.5. The largest absolute Gasteiger partial charge is 0.493 e. The van der Waals surface area contributed by atoms with Gasteiger partial charge in [0, 0.05) is 5.56 Å². The van der Waals surface area contributed by atoms with Crippen LogP contribution in [0, 0.1) is 0 Å². The van der Waals surface area contributed by atoms with Crippen LogP contribution in [0.25, 0.3) is 6.08 Å². The van der Waals surface area contributed by atoms with E-state index >= 15 is 0 Å². The van der Waals surface area contributed by atoms with Crippen molar-refractivity contribution >= 4 is 11.9 Å². The van der Waals surface area contributed by atoms with Gasteiger partial charge in [-0.25, -0.2) is 0 Å². The van der Waals surface area contributed by atoms with E-state index < -0.39 is 0 Å². The lowest BCUT2D eigenvalue weighted by molar-refractivity contribution is -0.112. The Hall–Kier alpha value is -1.57. The molecule has 0 atom stereocenters. The van der Waals surface area contributed by atoms with Gasteiger partial charge >= 0.3 is 0 Å². The van der Waals surface area contributed by atoms with E-state index in [4.69, 9.17) is 4.74 Å². The van der Waals surface area contributed by atoms with Crippen LogP contribution in [0.1, 0.15) is 32.3 Å². The standard InChI is InChI=1S/C14H18O2/c1-3-4-11-16-14-8-6-5-7-13(14)10-9-12(2)15/h5-10H,3-4,11H2,1-2H3/b10-9+. The van der Waals surface area contributed by atoms with Gasteiger partial charge in [-0.3, -0.25) is 4.79 Å². The number of hydrogen-bond acceptors (Lipinski definition) is 2. The average Bonchev–Trinajstić information content (AvgIpc) is 2.28. The Morgan fingerprint density at radius 3 is 2.81 bits per heavy atom. The Morgan fingerprint density at radius 2 is 2.12 bits per heavy atom. The summed E-state index contributed by atoms with van der Waals surface area (Å²) in [5, 5.41) is 0. The topological polar surface area (TPSA) is 26.3 Å². The molecule has 0 saturated carbocycles. The lowest BCUT2D eigenvalue weighted by atomic mass is 10.2. The summed E-state index contributed by atoms with van der Waals surface area (Å²) in [6.07, 6.45) is 5.52. The van der Waals surface area contributed by atoms with Crippen LogP contribution in [0.2, 0.25) is 0 Å². The minimum atomic E-state index is 0.0448. The fourth-order valence-corrected chi connectivity index (χ4v) is 1.28. The second-order valence-corrected chi connectivity index (χ2v) is 3.68. The fourth-order valence-electron chi connectivity index (χ4n) is 1.28. The zero-order valence-electron chi connectivity index (χ0n) is 9.90. The highest BCUT2D eigenvalue weighted by Gasteiger charge is 1.99. The van der Waals surface area contributed by atoms with Crippen molar-refractivity contribution in [1.82, 2.24) is 0 Å². The fraction of sp³-hybridized carbons (Fsp3) is 0.357. The molecule has 0 amide bonds. The number of benzene rings is 1. The van der Waals surface area contributed by atoms with Crippen LogP contribution >= 0.6 is 0 Å². The third kappa shape index (κ3) is 4.30. The average molecular weight is 218 g/mol. The van der Waals surface area contributed by atoms with E-state index in [1.807, 2.05) is 24.3 Å². The molecule has 0 aliphatic heterocycles. The zero-order valence-corrected chi connectivity index (χ0v) is 9.90. The highest BCUT2D eigenvalue weighted by Crippen LogP contribution is 2.19. The van der Waals surface area contributed by atoms with Crippen LogP contribution in [-0.4, -0.2) is 12.4 Å². The number of allylic oxidation sites excluding steroid dienone is 1. The quantitative estimate of drug-likeness (QED) is 0.540. The smallest absolute Gasteiger partial charge is 0.152 e. The molecular formula is C14H18O2. The first-order chi connectivity index (χ1) is 7.74. The highest BCUT2D eigenvalue weighted by molar-refractivity contribution is 5.91. The van der Waals surface area contributed by atoms with E-state index in [0.717, 1.165) is 30.8 Å². The van der Waals surface area contributed by atoms with Crippen LogP contribution in [0.3, 0.4) is 0 Å². The van der Waals surface area contributed by atoms with E-state index in [9.17, 15) is 4.79 Å². The maximum atomic E-state index is 10.9. The van der Waals surface area contributed by atoms with Gasteiger partial charge < -0.3 is 4.74 Å². The van der Waals surface area contributed by atoms with Crippen LogP contribution in [0.15, 0.2) is 30.3 Å². The van der Waals surface area contributed by atoms with E-state index in [-0.39, 0.29) is 5.78 Å². The van der Waals surface area contributed by atoms with Gasteiger partial charge in [-0.15, -0.1) is 0 Å². The molecule has 0 fully saturated rings. The number of para-hydroxylation sites is 1. The molecular weight excluding hydrogens is 200 g/mol. The van der Waals surface area contributed by atoms with E-state index in [0.29, 0.717) is 0 Å². The molecule has 0 aliphatic carbocycles. The van der Waals surface area contributed by atoms with Crippen molar-refractivity contribution in [3.63, 3.8) is 0 Å². The minimum Gasteiger partial charge on any atom is -0.493 e. The molecule has 2 nitrogen and oxygen atoms in total. The second kappa shape index (κ2) is 6.83. The Kier molecular flexibility index (Phi) is 5.34. The molecule has 0 N–H and O–H groups in total. The Bertz CT molecular complexity index is 367. The molecule has 2 heteroatoms. The molecule has 0 heterocycles. The van der Waals surface area contributed by atoms with Crippen molar-refractivity contribution in [3.05, 3.63) is 35.9 Å². The van der Waals surface area contributed by atoms with Crippen LogP contribution < -0.4 is 4.74 Å². The summed E-state index contributed by atoms with van der Waals surface area (Å²) in [7, 11) is 0. The number of ether oxygens (including phenoxy) is 1. The van der Waals surface area contributed by atoms with Gasteiger partial charge in [-0.05, 0) is 31.6 Å². The van der Waals surface area contributed by atoms with Gasteiger partial charge in [0.2, 0.25) is 0 Å². The van der Waals surface area contributed by atoms with Crippen LogP contribution in [0.5, 0.6) is 5.75 Å². The van der Waals surface area contributed by atoms with Crippen molar-refractivity contribution in [1.29, 1.82) is 0 Å². The molecule has 1 rings (SSSR count). The second-order valence-electron chi connectivity index (χ2n) is 3.68. The van der Waals surface area contributed by atoms with Gasteiger partial charge in [-0.2, -0.15) is 0 Å². The molecule has 0 aromatic heterocycles. The molecule has 0 radical (unpaired) electrons. The van der Waals surface area contributed by atoms with Crippen molar-refractivity contribution in [2.75, 3.05) is 6.61 Å². The SMILES string of the molecule is CCCCOc1ccccc1/C=C/C(C)=O. The van der Waals surface area contributed by atoms with Gasteiger partial charge in [0.05, 0.1) is 6.61 Å². The Labute approximate surface area is 96.9 Å². The maximum Gasteiger partial charge on any atom is 0.152 e. The summed E-state index contributed by atoms with van der Waals surface area (Å²) in [4.78, 5) is 10.9. The number of unbranched alkanes of at least 4 members (excludes halogenated alkanes) is 1. The number of carbonyl (C=O) groups is 1. The predicted octanol–water partition coefficient (Wildman–Crippen LogP) is 3.47. The maximum absolute atomic E-state index is 10.9. The van der Waals surface area contributed by atoms with E-state index in [1.165, 1.54) is 6.92 Å². The molecule has 1 aromatic rings. The molecule has 16 heavy (non-hydrogen) atoms. The molecule has 0 spiro atoms.